The summed E-state index contributed by atoms with van der Waals surface area (Å²) in [6.07, 6.45) is 0. The van der Waals surface area contributed by atoms with E-state index in [-0.39, 0.29) is 5.56 Å². The first-order chi connectivity index (χ1) is 9.63. The molecular weight excluding hydrogens is 257 g/mol. The third-order valence-corrected chi connectivity index (χ3v) is 2.77. The van der Waals surface area contributed by atoms with Crippen LogP contribution in [-0.4, -0.2) is 13.0 Å². The fourth-order valence-electron chi connectivity index (χ4n) is 1.75. The molecule has 0 bridgehead atoms. The van der Waals surface area contributed by atoms with Gasteiger partial charge < -0.3 is 10.6 Å². The van der Waals surface area contributed by atoms with Crippen LogP contribution in [0.3, 0.4) is 0 Å². The SMILES string of the molecule is CNc1ccc(F)cc1C(=O)Nc1ccc(C#N)cc1. The van der Waals surface area contributed by atoms with Crippen LogP contribution in [0.5, 0.6) is 0 Å². The van der Waals surface area contributed by atoms with Crippen molar-refractivity contribution in [1.29, 1.82) is 5.26 Å². The lowest BCUT2D eigenvalue weighted by atomic mass is 10.1. The Balaban J connectivity index is 2.23. The van der Waals surface area contributed by atoms with E-state index in [1.807, 2.05) is 6.07 Å². The van der Waals surface area contributed by atoms with Gasteiger partial charge in [0.25, 0.3) is 5.91 Å². The highest BCUT2D eigenvalue weighted by Gasteiger charge is 2.12. The topological polar surface area (TPSA) is 64.9 Å². The second-order valence-electron chi connectivity index (χ2n) is 4.08. The fourth-order valence-corrected chi connectivity index (χ4v) is 1.75. The number of anilines is 2. The molecule has 2 aromatic rings. The van der Waals surface area contributed by atoms with Crippen molar-refractivity contribution in [3.63, 3.8) is 0 Å². The maximum atomic E-state index is 13.2. The van der Waals surface area contributed by atoms with Crippen LogP contribution in [0.4, 0.5) is 15.8 Å². The standard InChI is InChI=1S/C15H12FN3O/c1-18-14-7-4-11(16)8-13(14)15(20)19-12-5-2-10(9-17)3-6-12/h2-8,18H,1H3,(H,19,20). The lowest BCUT2D eigenvalue weighted by Crippen LogP contribution is -2.14. The molecule has 0 aliphatic heterocycles. The Morgan fingerprint density at radius 3 is 2.50 bits per heavy atom. The summed E-state index contributed by atoms with van der Waals surface area (Å²) in [5.74, 6) is -0.896. The molecule has 0 spiro atoms. The molecule has 0 fully saturated rings. The molecule has 0 radical (unpaired) electrons. The molecule has 0 saturated heterocycles. The van der Waals surface area contributed by atoms with Crippen molar-refractivity contribution >= 4 is 17.3 Å². The van der Waals surface area contributed by atoms with Crippen LogP contribution in [0.1, 0.15) is 15.9 Å². The average molecular weight is 269 g/mol. The van der Waals surface area contributed by atoms with Crippen molar-refractivity contribution in [3.8, 4) is 6.07 Å². The molecule has 5 heteroatoms. The number of amides is 1. The molecular formula is C15H12FN3O. The van der Waals surface area contributed by atoms with E-state index >= 15 is 0 Å². The first kappa shape index (κ1) is 13.6. The number of hydrogen-bond acceptors (Lipinski definition) is 3. The predicted molar refractivity (Wildman–Crippen MR) is 75.1 cm³/mol. The normalized spacial score (nSPS) is 9.65. The summed E-state index contributed by atoms with van der Waals surface area (Å²) in [6.45, 7) is 0. The van der Waals surface area contributed by atoms with Crippen molar-refractivity contribution in [3.05, 3.63) is 59.4 Å². The van der Waals surface area contributed by atoms with Gasteiger partial charge in [-0.3, -0.25) is 4.79 Å². The van der Waals surface area contributed by atoms with Gasteiger partial charge in [0.05, 0.1) is 17.2 Å². The first-order valence-corrected chi connectivity index (χ1v) is 5.93. The molecule has 0 heterocycles. The molecule has 4 nitrogen and oxygen atoms in total. The number of rotatable bonds is 3. The predicted octanol–water partition coefficient (Wildman–Crippen LogP) is 2.99. The smallest absolute Gasteiger partial charge is 0.257 e. The van der Waals surface area contributed by atoms with Gasteiger partial charge in [-0.05, 0) is 42.5 Å². The van der Waals surface area contributed by atoms with Gasteiger partial charge in [-0.15, -0.1) is 0 Å². The molecule has 1 amide bonds. The summed E-state index contributed by atoms with van der Waals surface area (Å²) < 4.78 is 13.2. The zero-order valence-corrected chi connectivity index (χ0v) is 10.8. The number of hydrogen-bond donors (Lipinski definition) is 2. The van der Waals surface area contributed by atoms with E-state index in [9.17, 15) is 9.18 Å². The summed E-state index contributed by atoms with van der Waals surface area (Å²) in [5, 5.41) is 14.2. The van der Waals surface area contributed by atoms with E-state index in [4.69, 9.17) is 5.26 Å². The average Bonchev–Trinajstić information content (AvgIpc) is 2.48. The number of carbonyl (C=O) groups is 1. The summed E-state index contributed by atoms with van der Waals surface area (Å²) in [6, 6.07) is 12.4. The minimum absolute atomic E-state index is 0.219. The maximum Gasteiger partial charge on any atom is 0.257 e. The molecule has 2 N–H and O–H groups in total. The van der Waals surface area contributed by atoms with Gasteiger partial charge in [0.15, 0.2) is 0 Å². The largest absolute Gasteiger partial charge is 0.387 e. The third-order valence-electron chi connectivity index (χ3n) is 2.77. The van der Waals surface area contributed by atoms with Gasteiger partial charge in [-0.1, -0.05) is 0 Å². The molecule has 0 aliphatic rings. The quantitative estimate of drug-likeness (QED) is 0.900. The number of nitrogens with one attached hydrogen (secondary N) is 2. The van der Waals surface area contributed by atoms with Crippen molar-refractivity contribution in [2.45, 2.75) is 0 Å². The number of carbonyl (C=O) groups excluding carboxylic acids is 1. The highest BCUT2D eigenvalue weighted by atomic mass is 19.1. The molecule has 0 aromatic heterocycles. The zero-order chi connectivity index (χ0) is 14.5. The Bertz CT molecular complexity index is 675. The lowest BCUT2D eigenvalue weighted by molar-refractivity contribution is 0.102. The van der Waals surface area contributed by atoms with Crippen LogP contribution < -0.4 is 10.6 Å². The second-order valence-corrected chi connectivity index (χ2v) is 4.08. The minimum Gasteiger partial charge on any atom is -0.387 e. The van der Waals surface area contributed by atoms with Gasteiger partial charge in [0.2, 0.25) is 0 Å². The summed E-state index contributed by atoms with van der Waals surface area (Å²) in [7, 11) is 1.66. The molecule has 20 heavy (non-hydrogen) atoms. The Morgan fingerprint density at radius 1 is 1.20 bits per heavy atom. The van der Waals surface area contributed by atoms with Crippen LogP contribution >= 0.6 is 0 Å². The van der Waals surface area contributed by atoms with Crippen LogP contribution in [0.2, 0.25) is 0 Å². The number of nitriles is 1. The van der Waals surface area contributed by atoms with Crippen molar-refractivity contribution in [2.75, 3.05) is 17.7 Å². The minimum atomic E-state index is -0.478. The number of nitrogens with zero attached hydrogens (tertiary/aromatic N) is 1. The van der Waals surface area contributed by atoms with Crippen LogP contribution in [0.25, 0.3) is 0 Å². The summed E-state index contributed by atoms with van der Waals surface area (Å²) >= 11 is 0. The van der Waals surface area contributed by atoms with Crippen molar-refractivity contribution in [2.24, 2.45) is 0 Å². The number of halogens is 1. The highest BCUT2D eigenvalue weighted by molar-refractivity contribution is 6.08. The Hall–Kier alpha value is -2.87. The Labute approximate surface area is 115 Å². The summed E-state index contributed by atoms with van der Waals surface area (Å²) in [4.78, 5) is 12.1. The zero-order valence-electron chi connectivity index (χ0n) is 10.8. The van der Waals surface area contributed by atoms with Gasteiger partial charge >= 0.3 is 0 Å². The number of benzene rings is 2. The van der Waals surface area contributed by atoms with Gasteiger partial charge in [0, 0.05) is 18.4 Å². The first-order valence-electron chi connectivity index (χ1n) is 5.93. The van der Waals surface area contributed by atoms with E-state index in [1.54, 1.807) is 31.3 Å². The molecule has 0 saturated carbocycles. The van der Waals surface area contributed by atoms with Crippen molar-refractivity contribution < 1.29 is 9.18 Å². The molecule has 2 aromatic carbocycles. The van der Waals surface area contributed by atoms with Crippen molar-refractivity contribution in [1.82, 2.24) is 0 Å². The molecule has 0 aliphatic carbocycles. The maximum absolute atomic E-state index is 13.2. The van der Waals surface area contributed by atoms with E-state index in [2.05, 4.69) is 10.6 Å². The third kappa shape index (κ3) is 2.93. The van der Waals surface area contributed by atoms with Crippen LogP contribution in [-0.2, 0) is 0 Å². The Kier molecular flexibility index (Phi) is 3.96. The fraction of sp³-hybridized carbons (Fsp3) is 0.0667. The second kappa shape index (κ2) is 5.85. The Morgan fingerprint density at radius 2 is 1.90 bits per heavy atom. The van der Waals surface area contributed by atoms with E-state index < -0.39 is 11.7 Å². The molecule has 2 rings (SSSR count). The van der Waals surface area contributed by atoms with Crippen LogP contribution in [0, 0.1) is 17.1 Å². The monoisotopic (exact) mass is 269 g/mol. The van der Waals surface area contributed by atoms with E-state index in [1.165, 1.54) is 18.2 Å². The van der Waals surface area contributed by atoms with Gasteiger partial charge in [-0.25, -0.2) is 4.39 Å². The van der Waals surface area contributed by atoms with Gasteiger partial charge in [-0.2, -0.15) is 5.26 Å². The molecule has 100 valence electrons. The summed E-state index contributed by atoms with van der Waals surface area (Å²) in [5.41, 5.74) is 1.80. The van der Waals surface area contributed by atoms with Crippen LogP contribution in [0.15, 0.2) is 42.5 Å². The molecule has 0 unspecified atom stereocenters. The highest BCUT2D eigenvalue weighted by Crippen LogP contribution is 2.18. The van der Waals surface area contributed by atoms with Gasteiger partial charge in [0.1, 0.15) is 5.82 Å². The van der Waals surface area contributed by atoms with E-state index in [0.717, 1.165) is 0 Å². The van der Waals surface area contributed by atoms with E-state index in [0.29, 0.717) is 16.9 Å². The molecule has 0 atom stereocenters. The lowest BCUT2D eigenvalue weighted by Gasteiger charge is -2.10.